The van der Waals surface area contributed by atoms with E-state index in [0.29, 0.717) is 6.42 Å². The van der Waals surface area contributed by atoms with Crippen molar-refractivity contribution in [1.29, 1.82) is 0 Å². The Morgan fingerprint density at radius 2 is 2.00 bits per heavy atom. The summed E-state index contributed by atoms with van der Waals surface area (Å²) in [6, 6.07) is 0. The Balaban J connectivity index is 0. The predicted molar refractivity (Wildman–Crippen MR) is 49.0 cm³/mol. The van der Waals surface area contributed by atoms with Crippen LogP contribution in [-0.2, 0) is 4.79 Å². The van der Waals surface area contributed by atoms with Gasteiger partial charge in [0.2, 0.25) is 5.91 Å². The Morgan fingerprint density at radius 1 is 1.55 bits per heavy atom. The molecule has 0 bridgehead atoms. The average molecular weight is 153 g/mol. The van der Waals surface area contributed by atoms with E-state index in [4.69, 9.17) is 5.73 Å². The molecule has 0 saturated carbocycles. The molecule has 62 valence electrons. The van der Waals surface area contributed by atoms with Gasteiger partial charge in [-0.1, -0.05) is 18.7 Å². The van der Waals surface area contributed by atoms with Crippen LogP contribution < -0.4 is 5.73 Å². The first-order valence-electron chi connectivity index (χ1n) is 3.26. The highest BCUT2D eigenvalue weighted by molar-refractivity contribution is 5.77. The smallest absolute Gasteiger partial charge is 0.221 e. The quantitative estimate of drug-likeness (QED) is 0.487. The molecule has 2 nitrogen and oxygen atoms in total. The SMILES string of the molecule is C=C.C=C/C(=C\C)CC(N)=O. The van der Waals surface area contributed by atoms with Gasteiger partial charge < -0.3 is 5.73 Å². The number of hydrogen-bond donors (Lipinski definition) is 1. The summed E-state index contributed by atoms with van der Waals surface area (Å²) in [4.78, 5) is 10.3. The summed E-state index contributed by atoms with van der Waals surface area (Å²) < 4.78 is 0. The van der Waals surface area contributed by atoms with Crippen LogP contribution in [-0.4, -0.2) is 5.91 Å². The lowest BCUT2D eigenvalue weighted by molar-refractivity contribution is -0.117. The van der Waals surface area contributed by atoms with Crippen LogP contribution >= 0.6 is 0 Å². The number of rotatable bonds is 3. The van der Waals surface area contributed by atoms with Gasteiger partial charge in [-0.3, -0.25) is 4.79 Å². The molecule has 11 heavy (non-hydrogen) atoms. The van der Waals surface area contributed by atoms with Gasteiger partial charge in [-0.2, -0.15) is 0 Å². The molecule has 0 unspecified atom stereocenters. The van der Waals surface area contributed by atoms with Crippen molar-refractivity contribution in [2.45, 2.75) is 13.3 Å². The van der Waals surface area contributed by atoms with Crippen LogP contribution in [0.5, 0.6) is 0 Å². The molecule has 2 heteroatoms. The van der Waals surface area contributed by atoms with E-state index < -0.39 is 0 Å². The first-order chi connectivity index (χ1) is 5.20. The molecule has 0 atom stereocenters. The Kier molecular flexibility index (Phi) is 9.78. The van der Waals surface area contributed by atoms with E-state index in [-0.39, 0.29) is 5.91 Å². The number of hydrogen-bond acceptors (Lipinski definition) is 1. The van der Waals surface area contributed by atoms with E-state index >= 15 is 0 Å². The van der Waals surface area contributed by atoms with Crippen LogP contribution in [0.1, 0.15) is 13.3 Å². The van der Waals surface area contributed by atoms with Crippen LogP contribution in [0.4, 0.5) is 0 Å². The maximum Gasteiger partial charge on any atom is 0.221 e. The lowest BCUT2D eigenvalue weighted by Crippen LogP contribution is -2.10. The molecule has 0 spiro atoms. The topological polar surface area (TPSA) is 43.1 Å². The lowest BCUT2D eigenvalue weighted by Gasteiger charge is -1.93. The maximum atomic E-state index is 10.3. The number of allylic oxidation sites excluding steroid dienone is 2. The summed E-state index contributed by atoms with van der Waals surface area (Å²) in [5.74, 6) is -0.317. The third-order valence-electron chi connectivity index (χ3n) is 1.01. The van der Waals surface area contributed by atoms with Crippen molar-refractivity contribution in [1.82, 2.24) is 0 Å². The Hall–Kier alpha value is -1.31. The normalized spacial score (nSPS) is 9.36. The fraction of sp³-hybridized carbons (Fsp3) is 0.222. The minimum Gasteiger partial charge on any atom is -0.369 e. The van der Waals surface area contributed by atoms with Gasteiger partial charge in [-0.15, -0.1) is 13.2 Å². The molecule has 0 heterocycles. The van der Waals surface area contributed by atoms with Gasteiger partial charge in [0, 0.05) is 0 Å². The summed E-state index contributed by atoms with van der Waals surface area (Å²) in [5.41, 5.74) is 5.79. The summed E-state index contributed by atoms with van der Waals surface area (Å²) >= 11 is 0. The molecular weight excluding hydrogens is 138 g/mol. The molecule has 0 fully saturated rings. The number of carbonyl (C=O) groups is 1. The molecule has 0 radical (unpaired) electrons. The van der Waals surface area contributed by atoms with Crippen LogP contribution in [0.2, 0.25) is 0 Å². The van der Waals surface area contributed by atoms with Crippen LogP contribution in [0.15, 0.2) is 37.5 Å². The van der Waals surface area contributed by atoms with Crippen molar-refractivity contribution in [2.75, 3.05) is 0 Å². The highest BCUT2D eigenvalue weighted by Gasteiger charge is 1.94. The van der Waals surface area contributed by atoms with Crippen LogP contribution in [0.3, 0.4) is 0 Å². The second-order valence-electron chi connectivity index (χ2n) is 1.71. The van der Waals surface area contributed by atoms with E-state index in [0.717, 1.165) is 5.57 Å². The summed E-state index contributed by atoms with van der Waals surface area (Å²) in [7, 11) is 0. The van der Waals surface area contributed by atoms with Gasteiger partial charge in [-0.05, 0) is 12.5 Å². The van der Waals surface area contributed by atoms with Crippen molar-refractivity contribution in [3.05, 3.63) is 37.5 Å². The molecule has 0 saturated heterocycles. The van der Waals surface area contributed by atoms with E-state index in [9.17, 15) is 4.79 Å². The zero-order valence-electron chi connectivity index (χ0n) is 6.97. The van der Waals surface area contributed by atoms with Crippen molar-refractivity contribution in [2.24, 2.45) is 5.73 Å². The van der Waals surface area contributed by atoms with Crippen molar-refractivity contribution < 1.29 is 4.79 Å². The number of primary amides is 1. The first kappa shape index (κ1) is 12.4. The molecule has 0 rings (SSSR count). The second-order valence-corrected chi connectivity index (χ2v) is 1.71. The molecule has 0 aliphatic heterocycles. The molecule has 0 aliphatic rings. The monoisotopic (exact) mass is 153 g/mol. The Morgan fingerprint density at radius 3 is 2.09 bits per heavy atom. The summed E-state index contributed by atoms with van der Waals surface area (Å²) in [6.07, 6.45) is 3.74. The average Bonchev–Trinajstić information content (AvgIpc) is 2.03. The molecule has 0 aromatic heterocycles. The van der Waals surface area contributed by atoms with Gasteiger partial charge in [0.05, 0.1) is 6.42 Å². The predicted octanol–water partition coefficient (Wildman–Crippen LogP) is 1.80. The molecule has 2 N–H and O–H groups in total. The Bertz CT molecular complexity index is 159. The molecular formula is C9H15NO. The van der Waals surface area contributed by atoms with Crippen molar-refractivity contribution in [3.63, 3.8) is 0 Å². The highest BCUT2D eigenvalue weighted by atomic mass is 16.1. The second kappa shape index (κ2) is 8.69. The van der Waals surface area contributed by atoms with E-state index in [1.165, 1.54) is 0 Å². The summed E-state index contributed by atoms with van der Waals surface area (Å²) in [6.45, 7) is 11.4. The van der Waals surface area contributed by atoms with Crippen molar-refractivity contribution in [3.8, 4) is 0 Å². The molecule has 0 aromatic rings. The lowest BCUT2D eigenvalue weighted by atomic mass is 10.2. The van der Waals surface area contributed by atoms with Gasteiger partial charge in [0.15, 0.2) is 0 Å². The van der Waals surface area contributed by atoms with E-state index in [1.807, 2.05) is 13.0 Å². The zero-order chi connectivity index (χ0) is 9.28. The van der Waals surface area contributed by atoms with Gasteiger partial charge in [0.25, 0.3) is 0 Å². The number of amides is 1. The highest BCUT2D eigenvalue weighted by Crippen LogP contribution is 1.99. The third-order valence-corrected chi connectivity index (χ3v) is 1.01. The van der Waals surface area contributed by atoms with E-state index in [2.05, 4.69) is 19.7 Å². The largest absolute Gasteiger partial charge is 0.369 e. The minimum absolute atomic E-state index is 0.292. The van der Waals surface area contributed by atoms with Gasteiger partial charge in [0.1, 0.15) is 0 Å². The number of carbonyl (C=O) groups excluding carboxylic acids is 1. The van der Waals surface area contributed by atoms with Gasteiger partial charge >= 0.3 is 0 Å². The third kappa shape index (κ3) is 8.69. The first-order valence-corrected chi connectivity index (χ1v) is 3.26. The number of nitrogens with two attached hydrogens (primary N) is 1. The zero-order valence-corrected chi connectivity index (χ0v) is 6.97. The standard InChI is InChI=1S/C7H11NO.C2H4/c1-3-6(4-2)5-7(8)9;1-2/h3-4H,1,5H2,2H3,(H2,8,9);1-2H2/b6-4+;. The maximum absolute atomic E-state index is 10.3. The van der Waals surface area contributed by atoms with E-state index in [1.54, 1.807) is 6.08 Å². The Labute approximate surface area is 68.1 Å². The fourth-order valence-electron chi connectivity index (χ4n) is 0.493. The minimum atomic E-state index is -0.317. The molecule has 0 aliphatic carbocycles. The van der Waals surface area contributed by atoms with Crippen LogP contribution in [0.25, 0.3) is 0 Å². The fourth-order valence-corrected chi connectivity index (χ4v) is 0.493. The van der Waals surface area contributed by atoms with Crippen molar-refractivity contribution >= 4 is 5.91 Å². The van der Waals surface area contributed by atoms with Crippen LogP contribution in [0, 0.1) is 0 Å². The van der Waals surface area contributed by atoms with Gasteiger partial charge in [-0.25, -0.2) is 0 Å². The summed E-state index contributed by atoms with van der Waals surface area (Å²) in [5, 5.41) is 0. The molecule has 0 aromatic carbocycles. The molecule has 1 amide bonds.